The summed E-state index contributed by atoms with van der Waals surface area (Å²) in [6.07, 6.45) is 3.66. The van der Waals surface area contributed by atoms with Crippen molar-refractivity contribution < 1.29 is 0 Å². The molecule has 0 saturated heterocycles. The van der Waals surface area contributed by atoms with Crippen molar-refractivity contribution in [3.63, 3.8) is 0 Å². The summed E-state index contributed by atoms with van der Waals surface area (Å²) >= 11 is 0. The molecule has 16 heavy (non-hydrogen) atoms. The van der Waals surface area contributed by atoms with Crippen LogP contribution in [0.25, 0.3) is 0 Å². The molecule has 0 bridgehead atoms. The van der Waals surface area contributed by atoms with Crippen molar-refractivity contribution in [2.45, 2.75) is 53.0 Å². The lowest BCUT2D eigenvalue weighted by atomic mass is 9.97. The molecule has 1 atom stereocenters. The minimum atomic E-state index is 0.671. The highest BCUT2D eigenvalue weighted by molar-refractivity contribution is 5.33. The van der Waals surface area contributed by atoms with Gasteiger partial charge >= 0.3 is 0 Å². The SMILES string of the molecule is CCNC(CC)CCc1cccc(C)c1C. The maximum atomic E-state index is 3.54. The summed E-state index contributed by atoms with van der Waals surface area (Å²) in [5, 5.41) is 3.54. The third-order valence-corrected chi connectivity index (χ3v) is 3.46. The van der Waals surface area contributed by atoms with E-state index < -0.39 is 0 Å². The van der Waals surface area contributed by atoms with Crippen LogP contribution in [0.3, 0.4) is 0 Å². The lowest BCUT2D eigenvalue weighted by molar-refractivity contribution is 0.480. The van der Waals surface area contributed by atoms with Crippen LogP contribution in [0.5, 0.6) is 0 Å². The van der Waals surface area contributed by atoms with Crippen molar-refractivity contribution in [3.05, 3.63) is 34.9 Å². The Balaban J connectivity index is 2.56. The maximum absolute atomic E-state index is 3.54. The van der Waals surface area contributed by atoms with Gasteiger partial charge in [-0.15, -0.1) is 0 Å². The number of hydrogen-bond donors (Lipinski definition) is 1. The third-order valence-electron chi connectivity index (χ3n) is 3.46. The van der Waals surface area contributed by atoms with Crippen molar-refractivity contribution in [2.75, 3.05) is 6.54 Å². The van der Waals surface area contributed by atoms with Gasteiger partial charge in [0.1, 0.15) is 0 Å². The molecule has 0 aliphatic heterocycles. The second-order valence-corrected chi connectivity index (χ2v) is 4.56. The molecular formula is C15H25N. The van der Waals surface area contributed by atoms with E-state index in [1.54, 1.807) is 0 Å². The van der Waals surface area contributed by atoms with Crippen molar-refractivity contribution >= 4 is 0 Å². The predicted octanol–water partition coefficient (Wildman–Crippen LogP) is 3.62. The lowest BCUT2D eigenvalue weighted by Crippen LogP contribution is -2.28. The molecule has 1 aromatic rings. The zero-order chi connectivity index (χ0) is 12.0. The Morgan fingerprint density at radius 3 is 2.56 bits per heavy atom. The fraction of sp³-hybridized carbons (Fsp3) is 0.600. The largest absolute Gasteiger partial charge is 0.314 e. The number of nitrogens with one attached hydrogen (secondary N) is 1. The van der Waals surface area contributed by atoms with Crippen LogP contribution in [0.2, 0.25) is 0 Å². The number of hydrogen-bond acceptors (Lipinski definition) is 1. The van der Waals surface area contributed by atoms with Crippen LogP contribution in [0.15, 0.2) is 18.2 Å². The molecule has 0 amide bonds. The molecule has 1 N–H and O–H groups in total. The van der Waals surface area contributed by atoms with Crippen LogP contribution >= 0.6 is 0 Å². The topological polar surface area (TPSA) is 12.0 Å². The Labute approximate surface area is 100 Å². The van der Waals surface area contributed by atoms with E-state index in [1.807, 2.05) is 0 Å². The fourth-order valence-electron chi connectivity index (χ4n) is 2.15. The van der Waals surface area contributed by atoms with Crippen molar-refractivity contribution in [1.29, 1.82) is 0 Å². The van der Waals surface area contributed by atoms with Gasteiger partial charge in [-0.3, -0.25) is 0 Å². The van der Waals surface area contributed by atoms with E-state index in [4.69, 9.17) is 0 Å². The highest BCUT2D eigenvalue weighted by atomic mass is 14.9. The standard InChI is InChI=1S/C15H25N/c1-5-15(16-6-2)11-10-14-9-7-8-12(3)13(14)4/h7-9,15-16H,5-6,10-11H2,1-4H3. The summed E-state index contributed by atoms with van der Waals surface area (Å²) in [5.41, 5.74) is 4.39. The minimum absolute atomic E-state index is 0.671. The number of rotatable bonds is 6. The zero-order valence-electron chi connectivity index (χ0n) is 11.1. The predicted molar refractivity (Wildman–Crippen MR) is 72.0 cm³/mol. The molecule has 0 radical (unpaired) electrons. The van der Waals surface area contributed by atoms with Gasteiger partial charge in [-0.05, 0) is 56.3 Å². The van der Waals surface area contributed by atoms with E-state index in [1.165, 1.54) is 36.0 Å². The quantitative estimate of drug-likeness (QED) is 0.770. The van der Waals surface area contributed by atoms with Gasteiger partial charge in [-0.2, -0.15) is 0 Å². The van der Waals surface area contributed by atoms with Crippen LogP contribution in [0, 0.1) is 13.8 Å². The summed E-state index contributed by atoms with van der Waals surface area (Å²) < 4.78 is 0. The molecule has 0 heterocycles. The fourth-order valence-corrected chi connectivity index (χ4v) is 2.15. The van der Waals surface area contributed by atoms with Crippen molar-refractivity contribution in [2.24, 2.45) is 0 Å². The van der Waals surface area contributed by atoms with Gasteiger partial charge in [-0.25, -0.2) is 0 Å². The molecule has 0 spiro atoms. The lowest BCUT2D eigenvalue weighted by Gasteiger charge is -2.16. The first-order chi connectivity index (χ1) is 7.69. The van der Waals surface area contributed by atoms with E-state index in [2.05, 4.69) is 51.2 Å². The molecule has 1 heteroatoms. The molecule has 0 saturated carbocycles. The van der Waals surface area contributed by atoms with E-state index in [0.717, 1.165) is 6.54 Å². The summed E-state index contributed by atoms with van der Waals surface area (Å²) in [7, 11) is 0. The Bertz CT molecular complexity index is 317. The molecule has 0 aliphatic carbocycles. The monoisotopic (exact) mass is 219 g/mol. The maximum Gasteiger partial charge on any atom is 0.00674 e. The number of benzene rings is 1. The molecule has 1 nitrogen and oxygen atoms in total. The first-order valence-electron chi connectivity index (χ1n) is 6.47. The van der Waals surface area contributed by atoms with Crippen LogP contribution in [-0.2, 0) is 6.42 Å². The van der Waals surface area contributed by atoms with E-state index in [0.29, 0.717) is 6.04 Å². The van der Waals surface area contributed by atoms with Crippen LogP contribution in [0.1, 0.15) is 43.4 Å². The van der Waals surface area contributed by atoms with Gasteiger partial charge in [0.05, 0.1) is 0 Å². The highest BCUT2D eigenvalue weighted by Crippen LogP contribution is 2.15. The van der Waals surface area contributed by atoms with Gasteiger partial charge < -0.3 is 5.32 Å². The average molecular weight is 219 g/mol. The molecule has 0 aromatic heterocycles. The Hall–Kier alpha value is -0.820. The summed E-state index contributed by atoms with van der Waals surface area (Å²) in [6.45, 7) is 9.95. The molecular weight excluding hydrogens is 194 g/mol. The summed E-state index contributed by atoms with van der Waals surface area (Å²) in [5.74, 6) is 0. The Morgan fingerprint density at radius 1 is 1.19 bits per heavy atom. The van der Waals surface area contributed by atoms with Crippen LogP contribution in [0.4, 0.5) is 0 Å². The average Bonchev–Trinajstić information content (AvgIpc) is 2.29. The second-order valence-electron chi connectivity index (χ2n) is 4.56. The second kappa shape index (κ2) is 6.70. The Kier molecular flexibility index (Phi) is 5.54. The van der Waals surface area contributed by atoms with E-state index in [-0.39, 0.29) is 0 Å². The molecule has 0 fully saturated rings. The van der Waals surface area contributed by atoms with Crippen LogP contribution < -0.4 is 5.32 Å². The Morgan fingerprint density at radius 2 is 1.94 bits per heavy atom. The van der Waals surface area contributed by atoms with Gasteiger partial charge in [0.15, 0.2) is 0 Å². The van der Waals surface area contributed by atoms with Gasteiger partial charge in [0.25, 0.3) is 0 Å². The molecule has 90 valence electrons. The van der Waals surface area contributed by atoms with E-state index in [9.17, 15) is 0 Å². The zero-order valence-corrected chi connectivity index (χ0v) is 11.1. The van der Waals surface area contributed by atoms with E-state index >= 15 is 0 Å². The van der Waals surface area contributed by atoms with Gasteiger partial charge in [0.2, 0.25) is 0 Å². The van der Waals surface area contributed by atoms with Crippen LogP contribution in [-0.4, -0.2) is 12.6 Å². The van der Waals surface area contributed by atoms with Gasteiger partial charge in [-0.1, -0.05) is 32.0 Å². The number of aryl methyl sites for hydroxylation is 2. The summed E-state index contributed by atoms with van der Waals surface area (Å²) in [6, 6.07) is 7.30. The molecule has 0 aliphatic rings. The minimum Gasteiger partial charge on any atom is -0.314 e. The first kappa shape index (κ1) is 13.2. The molecule has 1 aromatic carbocycles. The van der Waals surface area contributed by atoms with Gasteiger partial charge in [0, 0.05) is 6.04 Å². The normalized spacial score (nSPS) is 12.8. The molecule has 1 unspecified atom stereocenters. The summed E-state index contributed by atoms with van der Waals surface area (Å²) in [4.78, 5) is 0. The first-order valence-corrected chi connectivity index (χ1v) is 6.47. The van der Waals surface area contributed by atoms with Crippen molar-refractivity contribution in [3.8, 4) is 0 Å². The highest BCUT2D eigenvalue weighted by Gasteiger charge is 2.06. The third kappa shape index (κ3) is 3.64. The molecule has 1 rings (SSSR count). The van der Waals surface area contributed by atoms with Crippen molar-refractivity contribution in [1.82, 2.24) is 5.32 Å². The smallest absolute Gasteiger partial charge is 0.00674 e.